The Labute approximate surface area is 72.9 Å². The van der Waals surface area contributed by atoms with Gasteiger partial charge in [-0.1, -0.05) is 43.3 Å². The average Bonchev–Trinajstić information content (AvgIpc) is 2.12. The SMILES string of the molecule is CC1C=CC(N)c2ccccc21. The third-order valence-corrected chi connectivity index (χ3v) is 2.45. The number of allylic oxidation sites excluding steroid dienone is 1. The normalized spacial score (nSPS) is 26.8. The molecule has 1 aliphatic carbocycles. The minimum atomic E-state index is 0.0948. The summed E-state index contributed by atoms with van der Waals surface area (Å²) < 4.78 is 0. The molecular formula is C11H13N. The van der Waals surface area contributed by atoms with Gasteiger partial charge >= 0.3 is 0 Å². The van der Waals surface area contributed by atoms with Crippen LogP contribution in [0.2, 0.25) is 0 Å². The lowest BCUT2D eigenvalue weighted by atomic mass is 9.87. The predicted molar refractivity (Wildman–Crippen MR) is 50.9 cm³/mol. The second-order valence-electron chi connectivity index (χ2n) is 3.33. The van der Waals surface area contributed by atoms with E-state index in [0.29, 0.717) is 5.92 Å². The van der Waals surface area contributed by atoms with Gasteiger partial charge in [0.05, 0.1) is 0 Å². The molecule has 1 heteroatoms. The highest BCUT2D eigenvalue weighted by Gasteiger charge is 2.15. The molecule has 0 bridgehead atoms. The lowest BCUT2D eigenvalue weighted by Crippen LogP contribution is -2.14. The largest absolute Gasteiger partial charge is 0.321 e. The average molecular weight is 159 g/mol. The predicted octanol–water partition coefficient (Wildman–Crippen LogP) is 2.36. The highest BCUT2D eigenvalue weighted by atomic mass is 14.6. The standard InChI is InChI=1S/C11H13N/c1-8-6-7-11(12)10-5-3-2-4-9(8)10/h2-8,11H,12H2,1H3. The summed E-state index contributed by atoms with van der Waals surface area (Å²) in [7, 11) is 0. The molecule has 0 saturated carbocycles. The Morgan fingerprint density at radius 3 is 2.42 bits per heavy atom. The molecule has 0 fully saturated rings. The van der Waals surface area contributed by atoms with Crippen molar-refractivity contribution in [3.8, 4) is 0 Å². The van der Waals surface area contributed by atoms with E-state index < -0.39 is 0 Å². The van der Waals surface area contributed by atoms with E-state index in [4.69, 9.17) is 5.73 Å². The zero-order valence-corrected chi connectivity index (χ0v) is 7.20. The van der Waals surface area contributed by atoms with Gasteiger partial charge in [-0.25, -0.2) is 0 Å². The zero-order valence-electron chi connectivity index (χ0n) is 7.20. The third-order valence-electron chi connectivity index (χ3n) is 2.45. The van der Waals surface area contributed by atoms with E-state index in [1.165, 1.54) is 11.1 Å². The van der Waals surface area contributed by atoms with Gasteiger partial charge in [-0.3, -0.25) is 0 Å². The molecule has 0 heterocycles. The summed E-state index contributed by atoms with van der Waals surface area (Å²) in [5.74, 6) is 0.515. The Balaban J connectivity index is 2.54. The van der Waals surface area contributed by atoms with Crippen LogP contribution < -0.4 is 5.73 Å². The van der Waals surface area contributed by atoms with Gasteiger partial charge in [-0.05, 0) is 17.0 Å². The highest BCUT2D eigenvalue weighted by Crippen LogP contribution is 2.30. The summed E-state index contributed by atoms with van der Waals surface area (Å²) in [6.45, 7) is 2.20. The second kappa shape index (κ2) is 2.76. The van der Waals surface area contributed by atoms with Gasteiger partial charge in [0.1, 0.15) is 0 Å². The molecular weight excluding hydrogens is 146 g/mol. The minimum absolute atomic E-state index is 0.0948. The number of hydrogen-bond donors (Lipinski definition) is 1. The second-order valence-corrected chi connectivity index (χ2v) is 3.33. The van der Waals surface area contributed by atoms with Crippen LogP contribution in [0.1, 0.15) is 30.0 Å². The van der Waals surface area contributed by atoms with Crippen molar-refractivity contribution in [1.29, 1.82) is 0 Å². The third kappa shape index (κ3) is 1.07. The molecule has 2 unspecified atom stereocenters. The molecule has 1 aromatic rings. The van der Waals surface area contributed by atoms with Crippen LogP contribution in [0.25, 0.3) is 0 Å². The lowest BCUT2D eigenvalue weighted by Gasteiger charge is -2.21. The van der Waals surface area contributed by atoms with E-state index in [9.17, 15) is 0 Å². The molecule has 0 radical (unpaired) electrons. The maximum atomic E-state index is 5.92. The first kappa shape index (κ1) is 7.56. The van der Waals surface area contributed by atoms with E-state index in [2.05, 4.69) is 37.3 Å². The quantitative estimate of drug-likeness (QED) is 0.578. The van der Waals surface area contributed by atoms with Crippen molar-refractivity contribution in [2.75, 3.05) is 0 Å². The van der Waals surface area contributed by atoms with Crippen molar-refractivity contribution in [1.82, 2.24) is 0 Å². The summed E-state index contributed by atoms with van der Waals surface area (Å²) >= 11 is 0. The Bertz CT molecular complexity index is 284. The number of hydrogen-bond acceptors (Lipinski definition) is 1. The summed E-state index contributed by atoms with van der Waals surface area (Å²) in [6, 6.07) is 8.48. The molecule has 0 amide bonds. The fourth-order valence-electron chi connectivity index (χ4n) is 1.72. The van der Waals surface area contributed by atoms with Crippen LogP contribution in [0.15, 0.2) is 36.4 Å². The maximum Gasteiger partial charge on any atom is 0.0484 e. The first-order valence-corrected chi connectivity index (χ1v) is 4.32. The van der Waals surface area contributed by atoms with Gasteiger partial charge in [0, 0.05) is 6.04 Å². The van der Waals surface area contributed by atoms with Gasteiger partial charge in [-0.15, -0.1) is 0 Å². The topological polar surface area (TPSA) is 26.0 Å². The van der Waals surface area contributed by atoms with Gasteiger partial charge < -0.3 is 5.73 Å². The van der Waals surface area contributed by atoms with Crippen LogP contribution in [0.5, 0.6) is 0 Å². The molecule has 0 aliphatic heterocycles. The molecule has 1 aliphatic rings. The molecule has 2 atom stereocenters. The van der Waals surface area contributed by atoms with Crippen molar-refractivity contribution in [3.63, 3.8) is 0 Å². The molecule has 1 aromatic carbocycles. The lowest BCUT2D eigenvalue weighted by molar-refractivity contribution is 0.807. The van der Waals surface area contributed by atoms with Crippen LogP contribution in [0.4, 0.5) is 0 Å². The Kier molecular flexibility index (Phi) is 1.74. The van der Waals surface area contributed by atoms with Crippen LogP contribution in [0, 0.1) is 0 Å². The molecule has 12 heavy (non-hydrogen) atoms. The van der Waals surface area contributed by atoms with E-state index >= 15 is 0 Å². The van der Waals surface area contributed by atoms with Crippen LogP contribution in [0.3, 0.4) is 0 Å². The molecule has 62 valence electrons. The molecule has 0 spiro atoms. The van der Waals surface area contributed by atoms with Gasteiger partial charge in [0.2, 0.25) is 0 Å². The molecule has 2 rings (SSSR count). The molecule has 1 nitrogen and oxygen atoms in total. The molecule has 2 N–H and O–H groups in total. The number of rotatable bonds is 0. The van der Waals surface area contributed by atoms with Crippen molar-refractivity contribution >= 4 is 0 Å². The van der Waals surface area contributed by atoms with E-state index in [1.54, 1.807) is 0 Å². The number of nitrogens with two attached hydrogens (primary N) is 1. The van der Waals surface area contributed by atoms with Crippen LogP contribution >= 0.6 is 0 Å². The number of benzene rings is 1. The van der Waals surface area contributed by atoms with E-state index in [1.807, 2.05) is 6.07 Å². The van der Waals surface area contributed by atoms with Gasteiger partial charge in [0.15, 0.2) is 0 Å². The van der Waals surface area contributed by atoms with Gasteiger partial charge in [-0.2, -0.15) is 0 Å². The first-order chi connectivity index (χ1) is 5.79. The van der Waals surface area contributed by atoms with Crippen molar-refractivity contribution in [2.24, 2.45) is 5.73 Å². The Morgan fingerprint density at radius 1 is 1.08 bits per heavy atom. The zero-order chi connectivity index (χ0) is 8.55. The summed E-state index contributed by atoms with van der Waals surface area (Å²) in [4.78, 5) is 0. The van der Waals surface area contributed by atoms with Gasteiger partial charge in [0.25, 0.3) is 0 Å². The molecule has 0 saturated heterocycles. The number of fused-ring (bicyclic) bond motifs is 1. The van der Waals surface area contributed by atoms with Crippen LogP contribution in [-0.4, -0.2) is 0 Å². The van der Waals surface area contributed by atoms with E-state index in [0.717, 1.165) is 0 Å². The summed E-state index contributed by atoms with van der Waals surface area (Å²) in [5, 5.41) is 0. The highest BCUT2D eigenvalue weighted by molar-refractivity contribution is 5.40. The van der Waals surface area contributed by atoms with E-state index in [-0.39, 0.29) is 6.04 Å². The first-order valence-electron chi connectivity index (χ1n) is 4.32. The molecule has 0 aromatic heterocycles. The van der Waals surface area contributed by atoms with Crippen LogP contribution in [-0.2, 0) is 0 Å². The van der Waals surface area contributed by atoms with Crippen molar-refractivity contribution in [2.45, 2.75) is 18.9 Å². The smallest absolute Gasteiger partial charge is 0.0484 e. The fraction of sp³-hybridized carbons (Fsp3) is 0.273. The van der Waals surface area contributed by atoms with Crippen molar-refractivity contribution < 1.29 is 0 Å². The Morgan fingerprint density at radius 2 is 1.75 bits per heavy atom. The fourth-order valence-corrected chi connectivity index (χ4v) is 1.72. The minimum Gasteiger partial charge on any atom is -0.321 e. The summed E-state index contributed by atoms with van der Waals surface area (Å²) in [5.41, 5.74) is 8.56. The maximum absolute atomic E-state index is 5.92. The van der Waals surface area contributed by atoms with Crippen molar-refractivity contribution in [3.05, 3.63) is 47.5 Å². The Hall–Kier alpha value is -1.08. The summed E-state index contributed by atoms with van der Waals surface area (Å²) in [6.07, 6.45) is 4.25. The monoisotopic (exact) mass is 159 g/mol.